The standard InChI is InChI=1S/C15H18N4O3/c20-15(19-8-10-21-11-9-19)16-7-6-13-17-18-14(22-13)12-4-2-1-3-5-12/h1-5H,6-11H2,(H,16,20). The highest BCUT2D eigenvalue weighted by atomic mass is 16.5. The number of amides is 2. The van der Waals surface area contributed by atoms with Gasteiger partial charge in [-0.15, -0.1) is 10.2 Å². The lowest BCUT2D eigenvalue weighted by molar-refractivity contribution is 0.0532. The number of nitrogens with zero attached hydrogens (tertiary/aromatic N) is 3. The number of morpholine rings is 1. The molecule has 0 atom stereocenters. The van der Waals surface area contributed by atoms with Crippen molar-refractivity contribution in [2.24, 2.45) is 0 Å². The average molecular weight is 302 g/mol. The second kappa shape index (κ2) is 7.04. The molecule has 1 fully saturated rings. The van der Waals surface area contributed by atoms with Crippen molar-refractivity contribution in [3.63, 3.8) is 0 Å². The lowest BCUT2D eigenvalue weighted by Gasteiger charge is -2.26. The Morgan fingerprint density at radius 1 is 1.18 bits per heavy atom. The van der Waals surface area contributed by atoms with Crippen LogP contribution in [-0.2, 0) is 11.2 Å². The molecule has 2 amide bonds. The summed E-state index contributed by atoms with van der Waals surface area (Å²) in [6.07, 6.45) is 0.510. The summed E-state index contributed by atoms with van der Waals surface area (Å²) in [6.45, 7) is 2.91. The van der Waals surface area contributed by atoms with Crippen molar-refractivity contribution < 1.29 is 13.9 Å². The molecule has 0 spiro atoms. The molecule has 1 N–H and O–H groups in total. The van der Waals surface area contributed by atoms with Gasteiger partial charge < -0.3 is 19.4 Å². The number of rotatable bonds is 4. The Kier molecular flexibility index (Phi) is 4.65. The summed E-state index contributed by atoms with van der Waals surface area (Å²) in [6, 6.07) is 9.52. The lowest BCUT2D eigenvalue weighted by Crippen LogP contribution is -2.46. The number of aromatic nitrogens is 2. The Labute approximate surface area is 128 Å². The molecule has 0 unspecified atom stereocenters. The number of ether oxygens (including phenoxy) is 1. The van der Waals surface area contributed by atoms with Crippen molar-refractivity contribution in [1.82, 2.24) is 20.4 Å². The first kappa shape index (κ1) is 14.5. The summed E-state index contributed by atoms with van der Waals surface area (Å²) in [5, 5.41) is 10.9. The number of nitrogens with one attached hydrogen (secondary N) is 1. The highest BCUT2D eigenvalue weighted by Gasteiger charge is 2.16. The third kappa shape index (κ3) is 3.62. The van der Waals surface area contributed by atoms with E-state index in [0.717, 1.165) is 5.56 Å². The number of carbonyl (C=O) groups is 1. The number of carbonyl (C=O) groups excluding carboxylic acids is 1. The van der Waals surface area contributed by atoms with Crippen LogP contribution >= 0.6 is 0 Å². The molecular weight excluding hydrogens is 284 g/mol. The van der Waals surface area contributed by atoms with Crippen LogP contribution in [0.4, 0.5) is 4.79 Å². The van der Waals surface area contributed by atoms with Crippen LogP contribution in [0.15, 0.2) is 34.7 Å². The molecule has 1 aliphatic heterocycles. The molecule has 7 nitrogen and oxygen atoms in total. The number of hydrogen-bond acceptors (Lipinski definition) is 5. The molecule has 2 aromatic rings. The van der Waals surface area contributed by atoms with Crippen LogP contribution in [0.1, 0.15) is 5.89 Å². The summed E-state index contributed by atoms with van der Waals surface area (Å²) < 4.78 is 10.8. The maximum absolute atomic E-state index is 11.9. The van der Waals surface area contributed by atoms with E-state index >= 15 is 0 Å². The Hall–Kier alpha value is -2.41. The van der Waals surface area contributed by atoms with Crippen molar-refractivity contribution in [2.75, 3.05) is 32.8 Å². The minimum Gasteiger partial charge on any atom is -0.421 e. The maximum atomic E-state index is 11.9. The second-order valence-electron chi connectivity index (χ2n) is 4.95. The normalized spacial score (nSPS) is 14.8. The SMILES string of the molecule is O=C(NCCc1nnc(-c2ccccc2)o1)N1CCOCC1. The van der Waals surface area contributed by atoms with Gasteiger partial charge in [0.05, 0.1) is 13.2 Å². The summed E-state index contributed by atoms with van der Waals surface area (Å²) in [5.74, 6) is 1.01. The summed E-state index contributed by atoms with van der Waals surface area (Å²) in [4.78, 5) is 13.7. The first-order valence-electron chi connectivity index (χ1n) is 7.31. The maximum Gasteiger partial charge on any atom is 0.317 e. The van der Waals surface area contributed by atoms with E-state index in [0.29, 0.717) is 51.1 Å². The van der Waals surface area contributed by atoms with Crippen molar-refractivity contribution in [3.8, 4) is 11.5 Å². The van der Waals surface area contributed by atoms with Gasteiger partial charge in [0.2, 0.25) is 11.8 Å². The fourth-order valence-electron chi connectivity index (χ4n) is 2.21. The van der Waals surface area contributed by atoms with Gasteiger partial charge in [0, 0.05) is 31.6 Å². The minimum atomic E-state index is -0.0777. The van der Waals surface area contributed by atoms with Gasteiger partial charge in [-0.2, -0.15) is 0 Å². The number of urea groups is 1. The summed E-state index contributed by atoms with van der Waals surface area (Å²) in [7, 11) is 0. The van der Waals surface area contributed by atoms with Crippen LogP contribution in [0.25, 0.3) is 11.5 Å². The van der Waals surface area contributed by atoms with Gasteiger partial charge in [0.15, 0.2) is 0 Å². The molecule has 0 bridgehead atoms. The van der Waals surface area contributed by atoms with E-state index in [-0.39, 0.29) is 6.03 Å². The van der Waals surface area contributed by atoms with Crippen molar-refractivity contribution in [3.05, 3.63) is 36.2 Å². The Balaban J connectivity index is 1.48. The molecule has 1 aromatic heterocycles. The Bertz CT molecular complexity index is 608. The fraction of sp³-hybridized carbons (Fsp3) is 0.400. The van der Waals surface area contributed by atoms with E-state index in [1.54, 1.807) is 4.90 Å². The molecule has 1 aromatic carbocycles. The van der Waals surface area contributed by atoms with Crippen LogP contribution < -0.4 is 5.32 Å². The molecule has 1 saturated heterocycles. The molecule has 0 saturated carbocycles. The fourth-order valence-corrected chi connectivity index (χ4v) is 2.21. The molecule has 116 valence electrons. The first-order valence-corrected chi connectivity index (χ1v) is 7.31. The molecule has 7 heteroatoms. The van der Waals surface area contributed by atoms with Crippen LogP contribution in [0.3, 0.4) is 0 Å². The van der Waals surface area contributed by atoms with E-state index in [9.17, 15) is 4.79 Å². The van der Waals surface area contributed by atoms with Gasteiger partial charge in [-0.3, -0.25) is 0 Å². The zero-order chi connectivity index (χ0) is 15.2. The van der Waals surface area contributed by atoms with Crippen molar-refractivity contribution in [1.29, 1.82) is 0 Å². The molecule has 22 heavy (non-hydrogen) atoms. The zero-order valence-electron chi connectivity index (χ0n) is 12.2. The van der Waals surface area contributed by atoms with Crippen molar-refractivity contribution >= 4 is 6.03 Å². The molecule has 1 aliphatic rings. The second-order valence-corrected chi connectivity index (χ2v) is 4.95. The van der Waals surface area contributed by atoms with Gasteiger partial charge in [-0.05, 0) is 12.1 Å². The smallest absolute Gasteiger partial charge is 0.317 e. The van der Waals surface area contributed by atoms with E-state index < -0.39 is 0 Å². The lowest BCUT2D eigenvalue weighted by atomic mass is 10.2. The molecule has 0 radical (unpaired) electrons. The topological polar surface area (TPSA) is 80.5 Å². The first-order chi connectivity index (χ1) is 10.8. The number of hydrogen-bond donors (Lipinski definition) is 1. The van der Waals surface area contributed by atoms with Crippen LogP contribution in [0.5, 0.6) is 0 Å². The Morgan fingerprint density at radius 3 is 2.73 bits per heavy atom. The van der Waals surface area contributed by atoms with Crippen LogP contribution in [0.2, 0.25) is 0 Å². The van der Waals surface area contributed by atoms with Gasteiger partial charge in [0.25, 0.3) is 0 Å². The highest BCUT2D eigenvalue weighted by Crippen LogP contribution is 2.16. The monoisotopic (exact) mass is 302 g/mol. The third-order valence-corrected chi connectivity index (χ3v) is 3.40. The predicted octanol–water partition coefficient (Wildman–Crippen LogP) is 1.32. The van der Waals surface area contributed by atoms with Gasteiger partial charge in [-0.25, -0.2) is 4.79 Å². The summed E-state index contributed by atoms with van der Waals surface area (Å²) >= 11 is 0. The quantitative estimate of drug-likeness (QED) is 0.921. The predicted molar refractivity (Wildman–Crippen MR) is 79.2 cm³/mol. The average Bonchev–Trinajstić information content (AvgIpc) is 3.05. The molecule has 3 rings (SSSR count). The van der Waals surface area contributed by atoms with Gasteiger partial charge in [-0.1, -0.05) is 18.2 Å². The molecule has 0 aliphatic carbocycles. The zero-order valence-corrected chi connectivity index (χ0v) is 12.2. The van der Waals surface area contributed by atoms with Gasteiger partial charge >= 0.3 is 6.03 Å². The highest BCUT2D eigenvalue weighted by molar-refractivity contribution is 5.74. The van der Waals surface area contributed by atoms with Gasteiger partial charge in [0.1, 0.15) is 0 Å². The van der Waals surface area contributed by atoms with Crippen LogP contribution in [-0.4, -0.2) is 54.0 Å². The van der Waals surface area contributed by atoms with E-state index in [1.165, 1.54) is 0 Å². The summed E-state index contributed by atoms with van der Waals surface area (Å²) in [5.41, 5.74) is 0.888. The van der Waals surface area contributed by atoms with Crippen molar-refractivity contribution in [2.45, 2.75) is 6.42 Å². The Morgan fingerprint density at radius 2 is 1.95 bits per heavy atom. The van der Waals surface area contributed by atoms with E-state index in [4.69, 9.17) is 9.15 Å². The minimum absolute atomic E-state index is 0.0777. The molecule has 2 heterocycles. The largest absolute Gasteiger partial charge is 0.421 e. The van der Waals surface area contributed by atoms with E-state index in [2.05, 4.69) is 15.5 Å². The third-order valence-electron chi connectivity index (χ3n) is 3.40. The van der Waals surface area contributed by atoms with E-state index in [1.807, 2.05) is 30.3 Å². The van der Waals surface area contributed by atoms with Crippen LogP contribution in [0, 0.1) is 0 Å². The molecular formula is C15H18N4O3. The number of benzene rings is 1.